The number of carbonyl (C=O) groups is 1. The molecule has 0 aliphatic heterocycles. The number of benzene rings is 2. The predicted molar refractivity (Wildman–Crippen MR) is 131 cm³/mol. The minimum atomic E-state index is -0.686. The molecule has 2 aromatic carbocycles. The van der Waals surface area contributed by atoms with E-state index in [4.69, 9.17) is 15.6 Å². The zero-order chi connectivity index (χ0) is 23.2. The second-order valence-electron chi connectivity index (χ2n) is 8.56. The summed E-state index contributed by atoms with van der Waals surface area (Å²) in [6.45, 7) is 3.89. The van der Waals surface area contributed by atoms with E-state index in [9.17, 15) is 4.79 Å². The van der Waals surface area contributed by atoms with Crippen molar-refractivity contribution in [1.82, 2.24) is 4.98 Å². The van der Waals surface area contributed by atoms with E-state index in [2.05, 4.69) is 41.1 Å². The molecule has 0 saturated heterocycles. The van der Waals surface area contributed by atoms with Crippen LogP contribution in [-0.2, 0) is 4.79 Å². The number of hydrogen-bond donors (Lipinski definition) is 3. The summed E-state index contributed by atoms with van der Waals surface area (Å²) in [5.41, 5.74) is 10.5. The quantitative estimate of drug-likeness (QED) is 0.290. The molecule has 170 valence electrons. The fraction of sp³-hybridized carbons (Fsp3) is 0.259. The lowest BCUT2D eigenvalue weighted by molar-refractivity contribution is -0.138. The Kier molecular flexibility index (Phi) is 6.93. The molecular formula is C27H29N3O3. The third-order valence-electron chi connectivity index (χ3n) is 6.19. The topological polar surface area (TPSA) is 97.5 Å². The number of nitrogens with one attached hydrogen (secondary N) is 1. The normalized spacial score (nSPS) is 17.8. The molecule has 4 N–H and O–H groups in total. The molecule has 1 fully saturated rings. The first-order chi connectivity index (χ1) is 16.0. The fourth-order valence-corrected chi connectivity index (χ4v) is 4.40. The number of para-hydroxylation sites is 2. The summed E-state index contributed by atoms with van der Waals surface area (Å²) >= 11 is 0. The van der Waals surface area contributed by atoms with Crippen molar-refractivity contribution >= 4 is 17.3 Å². The lowest BCUT2D eigenvalue weighted by Crippen LogP contribution is -2.16. The monoisotopic (exact) mass is 443 g/mol. The maximum absolute atomic E-state index is 10.9. The maximum atomic E-state index is 10.9. The molecule has 4 rings (SSSR count). The summed E-state index contributed by atoms with van der Waals surface area (Å²) in [6, 6.07) is 19.7. The number of carboxylic acids is 1. The molecule has 1 aliphatic rings. The molecule has 6 nitrogen and oxygen atoms in total. The lowest BCUT2D eigenvalue weighted by atomic mass is 9.77. The molecule has 3 aromatic rings. The number of pyridine rings is 1. The first-order valence-corrected chi connectivity index (χ1v) is 11.2. The van der Waals surface area contributed by atoms with E-state index < -0.39 is 5.97 Å². The zero-order valence-electron chi connectivity index (χ0n) is 18.5. The van der Waals surface area contributed by atoms with Crippen molar-refractivity contribution in [2.24, 2.45) is 5.92 Å². The highest BCUT2D eigenvalue weighted by molar-refractivity contribution is 5.67. The van der Waals surface area contributed by atoms with E-state index in [1.54, 1.807) is 18.3 Å². The van der Waals surface area contributed by atoms with Crippen LogP contribution in [0.1, 0.15) is 43.6 Å². The van der Waals surface area contributed by atoms with Crippen LogP contribution in [0.2, 0.25) is 0 Å². The van der Waals surface area contributed by atoms with Gasteiger partial charge in [0.1, 0.15) is 0 Å². The highest BCUT2D eigenvalue weighted by Crippen LogP contribution is 2.37. The van der Waals surface area contributed by atoms with Crippen LogP contribution in [0, 0.1) is 5.92 Å². The van der Waals surface area contributed by atoms with Crippen LogP contribution in [0.15, 0.2) is 79.3 Å². The van der Waals surface area contributed by atoms with Crippen molar-refractivity contribution in [3.05, 3.63) is 84.9 Å². The van der Waals surface area contributed by atoms with Gasteiger partial charge >= 0.3 is 5.97 Å². The fourth-order valence-electron chi connectivity index (χ4n) is 4.40. The molecule has 0 atom stereocenters. The Morgan fingerprint density at radius 3 is 2.42 bits per heavy atom. The highest BCUT2D eigenvalue weighted by atomic mass is 16.5. The van der Waals surface area contributed by atoms with Gasteiger partial charge in [-0.2, -0.15) is 0 Å². The van der Waals surface area contributed by atoms with Crippen molar-refractivity contribution in [3.63, 3.8) is 0 Å². The average Bonchev–Trinajstić information content (AvgIpc) is 2.81. The van der Waals surface area contributed by atoms with Crippen LogP contribution >= 0.6 is 0 Å². The van der Waals surface area contributed by atoms with E-state index in [0.717, 1.165) is 42.6 Å². The van der Waals surface area contributed by atoms with Crippen molar-refractivity contribution in [3.8, 4) is 17.0 Å². The summed E-state index contributed by atoms with van der Waals surface area (Å²) in [4.78, 5) is 15.5. The van der Waals surface area contributed by atoms with Crippen molar-refractivity contribution in [2.75, 3.05) is 11.1 Å². The van der Waals surface area contributed by atoms with Gasteiger partial charge in [0, 0.05) is 12.0 Å². The first kappa shape index (κ1) is 22.4. The highest BCUT2D eigenvalue weighted by Gasteiger charge is 2.23. The van der Waals surface area contributed by atoms with E-state index >= 15 is 0 Å². The molecule has 1 heterocycles. The van der Waals surface area contributed by atoms with Gasteiger partial charge in [0.05, 0.1) is 23.3 Å². The second-order valence-corrected chi connectivity index (χ2v) is 8.56. The third-order valence-corrected chi connectivity index (χ3v) is 6.19. The number of nitrogens with two attached hydrogens (primary N) is 1. The molecule has 0 radical (unpaired) electrons. The van der Waals surface area contributed by atoms with E-state index in [1.807, 2.05) is 24.3 Å². The smallest absolute Gasteiger partial charge is 0.303 e. The number of ether oxygens (including phenoxy) is 1. The zero-order valence-corrected chi connectivity index (χ0v) is 18.5. The van der Waals surface area contributed by atoms with Gasteiger partial charge in [-0.05, 0) is 73.9 Å². The number of aliphatic carboxylic acids is 1. The van der Waals surface area contributed by atoms with Gasteiger partial charge in [0.2, 0.25) is 0 Å². The molecule has 0 unspecified atom stereocenters. The van der Waals surface area contributed by atoms with Crippen molar-refractivity contribution in [1.29, 1.82) is 0 Å². The SMILES string of the molecule is C=C(Nc1ccc(-c2ccc(C3CCC(CC(=O)O)CC3)cc2)nc1)Oc1ccccc1N. The number of nitrogen functional groups attached to an aromatic ring is 1. The Morgan fingerprint density at radius 2 is 1.79 bits per heavy atom. The molecule has 33 heavy (non-hydrogen) atoms. The van der Waals surface area contributed by atoms with Crippen LogP contribution in [-0.4, -0.2) is 16.1 Å². The van der Waals surface area contributed by atoms with Gasteiger partial charge in [-0.15, -0.1) is 0 Å². The van der Waals surface area contributed by atoms with Gasteiger partial charge in [-0.25, -0.2) is 0 Å². The van der Waals surface area contributed by atoms with Crippen LogP contribution < -0.4 is 15.8 Å². The van der Waals surface area contributed by atoms with Crippen LogP contribution in [0.5, 0.6) is 5.75 Å². The van der Waals surface area contributed by atoms with Crippen LogP contribution in [0.25, 0.3) is 11.3 Å². The third kappa shape index (κ3) is 5.92. The number of anilines is 2. The Labute approximate surface area is 194 Å². The second kappa shape index (κ2) is 10.2. The molecular weight excluding hydrogens is 414 g/mol. The predicted octanol–water partition coefficient (Wildman–Crippen LogP) is 6.04. The summed E-state index contributed by atoms with van der Waals surface area (Å²) in [6.07, 6.45) is 6.12. The molecule has 1 saturated carbocycles. The van der Waals surface area contributed by atoms with E-state index in [1.165, 1.54) is 5.56 Å². The lowest BCUT2D eigenvalue weighted by Gasteiger charge is -2.28. The summed E-state index contributed by atoms with van der Waals surface area (Å²) in [7, 11) is 0. The van der Waals surface area contributed by atoms with Crippen molar-refractivity contribution < 1.29 is 14.6 Å². The summed E-state index contributed by atoms with van der Waals surface area (Å²) < 4.78 is 5.67. The van der Waals surface area contributed by atoms with Gasteiger partial charge in [0.25, 0.3) is 0 Å². The van der Waals surface area contributed by atoms with Crippen LogP contribution in [0.3, 0.4) is 0 Å². The Balaban J connectivity index is 1.33. The molecule has 1 aliphatic carbocycles. The van der Waals surface area contributed by atoms with Crippen molar-refractivity contribution in [2.45, 2.75) is 38.0 Å². The van der Waals surface area contributed by atoms with Gasteiger partial charge in [0.15, 0.2) is 11.6 Å². The molecule has 0 bridgehead atoms. The Bertz CT molecular complexity index is 1100. The standard InChI is InChI=1S/C27H29N3O3/c1-18(33-26-5-3-2-4-24(26)28)30-23-14-15-25(29-17-23)22-12-10-21(11-13-22)20-8-6-19(7-9-20)16-27(31)32/h2-5,10-15,17,19-20,30H,1,6-9,16,28H2,(H,31,32). The number of aromatic nitrogens is 1. The number of hydrogen-bond acceptors (Lipinski definition) is 5. The van der Waals surface area contributed by atoms with Gasteiger partial charge in [-0.1, -0.05) is 36.4 Å². The average molecular weight is 444 g/mol. The van der Waals surface area contributed by atoms with E-state index in [0.29, 0.717) is 35.6 Å². The summed E-state index contributed by atoms with van der Waals surface area (Å²) in [5.74, 6) is 1.06. The minimum Gasteiger partial charge on any atom is -0.481 e. The number of nitrogens with zero attached hydrogens (tertiary/aromatic N) is 1. The first-order valence-electron chi connectivity index (χ1n) is 11.2. The number of rotatable bonds is 8. The Morgan fingerprint density at radius 1 is 1.06 bits per heavy atom. The minimum absolute atomic E-state index is 0.294. The maximum Gasteiger partial charge on any atom is 0.303 e. The molecule has 6 heteroatoms. The Hall–Kier alpha value is -3.80. The molecule has 0 spiro atoms. The van der Waals surface area contributed by atoms with Gasteiger partial charge in [-0.3, -0.25) is 9.78 Å². The van der Waals surface area contributed by atoms with Crippen LogP contribution in [0.4, 0.5) is 11.4 Å². The largest absolute Gasteiger partial charge is 0.481 e. The van der Waals surface area contributed by atoms with Gasteiger partial charge < -0.3 is 20.9 Å². The van der Waals surface area contributed by atoms with E-state index in [-0.39, 0.29) is 0 Å². The number of carboxylic acid groups (broad SMARTS) is 1. The summed E-state index contributed by atoms with van der Waals surface area (Å²) in [5, 5.41) is 12.1. The molecule has 0 amide bonds. The molecule has 1 aromatic heterocycles.